The molecule has 3 aromatic carbocycles. The molecule has 2 heterocycles. The van der Waals surface area contributed by atoms with Gasteiger partial charge in [0.05, 0.1) is 16.8 Å². The van der Waals surface area contributed by atoms with Crippen LogP contribution in [0.3, 0.4) is 0 Å². The minimum atomic E-state index is -0.436. The van der Waals surface area contributed by atoms with Crippen LogP contribution in [-0.2, 0) is 6.54 Å². The van der Waals surface area contributed by atoms with Gasteiger partial charge in [0.15, 0.2) is 11.5 Å². The zero-order valence-electron chi connectivity index (χ0n) is 16.7. The molecule has 0 saturated carbocycles. The van der Waals surface area contributed by atoms with E-state index in [1.807, 2.05) is 31.2 Å². The molecule has 5 rings (SSSR count). The molecule has 3 amide bonds. The fraction of sp³-hybridized carbons (Fsp3) is 0.125. The van der Waals surface area contributed by atoms with Gasteiger partial charge in [-0.1, -0.05) is 23.8 Å². The number of ether oxygens (including phenoxy) is 2. The fourth-order valence-electron chi connectivity index (χ4n) is 3.65. The van der Waals surface area contributed by atoms with Gasteiger partial charge in [0.25, 0.3) is 17.7 Å². The van der Waals surface area contributed by atoms with Crippen LogP contribution >= 0.6 is 0 Å². The number of amides is 3. The summed E-state index contributed by atoms with van der Waals surface area (Å²) in [6.07, 6.45) is 0. The average molecular weight is 414 g/mol. The third-order valence-electron chi connectivity index (χ3n) is 5.33. The van der Waals surface area contributed by atoms with Crippen molar-refractivity contribution in [3.8, 4) is 11.5 Å². The van der Waals surface area contributed by atoms with Gasteiger partial charge in [0.1, 0.15) is 0 Å². The molecule has 0 saturated heterocycles. The predicted octanol–water partition coefficient (Wildman–Crippen LogP) is 3.45. The second-order valence-corrected chi connectivity index (χ2v) is 7.41. The van der Waals surface area contributed by atoms with Crippen molar-refractivity contribution in [2.75, 3.05) is 11.7 Å². The summed E-state index contributed by atoms with van der Waals surface area (Å²) in [5.41, 5.74) is 3.22. The monoisotopic (exact) mass is 414 g/mol. The van der Waals surface area contributed by atoms with Gasteiger partial charge in [-0.2, -0.15) is 0 Å². The summed E-state index contributed by atoms with van der Waals surface area (Å²) in [6, 6.07) is 17.2. The van der Waals surface area contributed by atoms with Gasteiger partial charge in [-0.3, -0.25) is 14.4 Å². The second kappa shape index (κ2) is 7.28. The summed E-state index contributed by atoms with van der Waals surface area (Å²) in [6.45, 7) is 2.40. The molecular formula is C24H18N2O5. The van der Waals surface area contributed by atoms with Gasteiger partial charge >= 0.3 is 0 Å². The van der Waals surface area contributed by atoms with E-state index in [1.165, 1.54) is 12.1 Å². The lowest BCUT2D eigenvalue weighted by Crippen LogP contribution is -2.29. The number of fused-ring (bicyclic) bond motifs is 2. The number of carbonyl (C=O) groups excluding carboxylic acids is 3. The number of rotatable bonds is 4. The molecule has 0 fully saturated rings. The van der Waals surface area contributed by atoms with Crippen molar-refractivity contribution >= 4 is 23.4 Å². The van der Waals surface area contributed by atoms with E-state index in [4.69, 9.17) is 9.47 Å². The molecule has 31 heavy (non-hydrogen) atoms. The van der Waals surface area contributed by atoms with Crippen LogP contribution in [0.15, 0.2) is 60.7 Å². The topological polar surface area (TPSA) is 84.9 Å². The smallest absolute Gasteiger partial charge is 0.266 e. The molecule has 7 nitrogen and oxygen atoms in total. The number of hydrogen-bond acceptors (Lipinski definition) is 5. The largest absolute Gasteiger partial charge is 0.454 e. The van der Waals surface area contributed by atoms with Crippen LogP contribution in [0.25, 0.3) is 0 Å². The van der Waals surface area contributed by atoms with Crippen LogP contribution in [-0.4, -0.2) is 24.5 Å². The van der Waals surface area contributed by atoms with Gasteiger partial charge < -0.3 is 14.8 Å². The maximum absolute atomic E-state index is 12.9. The van der Waals surface area contributed by atoms with Crippen molar-refractivity contribution in [1.82, 2.24) is 5.32 Å². The Hall–Kier alpha value is -4.13. The minimum absolute atomic E-state index is 0.187. The molecule has 2 aliphatic rings. The highest BCUT2D eigenvalue weighted by Gasteiger charge is 2.37. The Morgan fingerprint density at radius 1 is 0.903 bits per heavy atom. The third-order valence-corrected chi connectivity index (χ3v) is 5.33. The molecule has 0 aliphatic carbocycles. The Morgan fingerprint density at radius 3 is 2.45 bits per heavy atom. The summed E-state index contributed by atoms with van der Waals surface area (Å²) in [4.78, 5) is 39.5. The Labute approximate surface area is 178 Å². The summed E-state index contributed by atoms with van der Waals surface area (Å²) in [7, 11) is 0. The highest BCUT2D eigenvalue weighted by molar-refractivity contribution is 6.34. The first-order valence-electron chi connectivity index (χ1n) is 9.77. The van der Waals surface area contributed by atoms with E-state index in [0.29, 0.717) is 22.7 Å². The van der Waals surface area contributed by atoms with Crippen LogP contribution in [0.5, 0.6) is 11.5 Å². The second-order valence-electron chi connectivity index (χ2n) is 7.41. The number of imide groups is 1. The van der Waals surface area contributed by atoms with Crippen LogP contribution in [0, 0.1) is 6.92 Å². The molecule has 3 aromatic rings. The third kappa shape index (κ3) is 3.30. The van der Waals surface area contributed by atoms with Gasteiger partial charge in [-0.15, -0.1) is 0 Å². The van der Waals surface area contributed by atoms with Crippen molar-refractivity contribution in [2.45, 2.75) is 13.5 Å². The lowest BCUT2D eigenvalue weighted by Gasteiger charge is -2.13. The van der Waals surface area contributed by atoms with Gasteiger partial charge in [0, 0.05) is 12.1 Å². The van der Waals surface area contributed by atoms with Gasteiger partial charge in [-0.25, -0.2) is 4.90 Å². The number of nitrogens with zero attached hydrogens (tertiary/aromatic N) is 1. The standard InChI is InChI=1S/C24H18N2O5/c1-14-2-6-17(7-3-14)26-23(28)18-8-5-16(11-19(18)24(26)29)22(27)25-12-15-4-9-20-21(10-15)31-13-30-20/h2-11H,12-13H2,1H3,(H,25,27). The lowest BCUT2D eigenvalue weighted by molar-refractivity contribution is 0.0923. The number of nitrogens with one attached hydrogen (secondary N) is 1. The molecule has 2 aliphatic heterocycles. The zero-order valence-corrected chi connectivity index (χ0v) is 16.7. The van der Waals surface area contributed by atoms with Crippen molar-refractivity contribution in [3.63, 3.8) is 0 Å². The predicted molar refractivity (Wildman–Crippen MR) is 112 cm³/mol. The Bertz CT molecular complexity index is 1230. The summed E-state index contributed by atoms with van der Waals surface area (Å²) in [5.74, 6) is 0.152. The molecule has 0 bridgehead atoms. The molecule has 0 atom stereocenters. The first kappa shape index (κ1) is 18.9. The number of hydrogen-bond donors (Lipinski definition) is 1. The van der Waals surface area contributed by atoms with E-state index in [9.17, 15) is 14.4 Å². The van der Waals surface area contributed by atoms with Crippen LogP contribution in [0.2, 0.25) is 0 Å². The first-order valence-corrected chi connectivity index (χ1v) is 9.77. The van der Waals surface area contributed by atoms with Gasteiger partial charge in [0.2, 0.25) is 6.79 Å². The first-order chi connectivity index (χ1) is 15.0. The van der Waals surface area contributed by atoms with E-state index in [2.05, 4.69) is 5.32 Å². The average Bonchev–Trinajstić information content (AvgIpc) is 3.35. The molecule has 154 valence electrons. The van der Waals surface area contributed by atoms with E-state index >= 15 is 0 Å². The Kier molecular flexibility index (Phi) is 4.43. The van der Waals surface area contributed by atoms with E-state index in [-0.39, 0.29) is 30.4 Å². The van der Waals surface area contributed by atoms with Crippen LogP contribution < -0.4 is 19.7 Å². The molecular weight excluding hydrogens is 396 g/mol. The number of benzene rings is 3. The highest BCUT2D eigenvalue weighted by Crippen LogP contribution is 2.32. The van der Waals surface area contributed by atoms with Crippen molar-refractivity contribution in [1.29, 1.82) is 0 Å². The van der Waals surface area contributed by atoms with Crippen LogP contribution in [0.1, 0.15) is 42.2 Å². The number of carbonyl (C=O) groups is 3. The van der Waals surface area contributed by atoms with Crippen molar-refractivity contribution < 1.29 is 23.9 Å². The lowest BCUT2D eigenvalue weighted by atomic mass is 10.1. The van der Waals surface area contributed by atoms with Crippen molar-refractivity contribution in [3.05, 3.63) is 88.5 Å². The summed E-state index contributed by atoms with van der Waals surface area (Å²) >= 11 is 0. The fourth-order valence-corrected chi connectivity index (χ4v) is 3.65. The van der Waals surface area contributed by atoms with E-state index in [1.54, 1.807) is 24.3 Å². The molecule has 0 unspecified atom stereocenters. The molecule has 0 spiro atoms. The maximum atomic E-state index is 12.9. The Balaban J connectivity index is 1.34. The normalized spacial score (nSPS) is 14.0. The Morgan fingerprint density at radius 2 is 1.65 bits per heavy atom. The minimum Gasteiger partial charge on any atom is -0.454 e. The molecule has 1 N–H and O–H groups in total. The van der Waals surface area contributed by atoms with E-state index in [0.717, 1.165) is 16.0 Å². The SMILES string of the molecule is Cc1ccc(N2C(=O)c3ccc(C(=O)NCc4ccc5c(c4)OCO5)cc3C2=O)cc1. The summed E-state index contributed by atoms with van der Waals surface area (Å²) in [5, 5.41) is 2.83. The number of anilines is 1. The van der Waals surface area contributed by atoms with Crippen molar-refractivity contribution in [2.24, 2.45) is 0 Å². The molecule has 0 radical (unpaired) electrons. The summed E-state index contributed by atoms with van der Waals surface area (Å²) < 4.78 is 10.6. The molecule has 7 heteroatoms. The zero-order chi connectivity index (χ0) is 21.5. The quantitative estimate of drug-likeness (QED) is 0.661. The van der Waals surface area contributed by atoms with Gasteiger partial charge in [-0.05, 0) is 55.0 Å². The van der Waals surface area contributed by atoms with Crippen LogP contribution in [0.4, 0.5) is 5.69 Å². The van der Waals surface area contributed by atoms with E-state index < -0.39 is 11.8 Å². The number of aryl methyl sites for hydroxylation is 1. The molecule has 0 aromatic heterocycles. The highest BCUT2D eigenvalue weighted by atomic mass is 16.7. The maximum Gasteiger partial charge on any atom is 0.266 e.